The molecule has 4 rings (SSSR count). The standard InChI is InChI=1S/C26H25N3O4S2/c1-16-7-5-8-17(2)25(16)29-35(31,32)24-14-21(11-12-23(24)33-4)28-26(30)20-10-6-9-19(13-20)22-15-34-18(3)27-22/h5-15,29H,1-4H3,(H,28,30). The first-order valence-electron chi connectivity index (χ1n) is 10.8. The molecule has 3 aromatic carbocycles. The lowest BCUT2D eigenvalue weighted by atomic mass is 10.1. The number of amides is 1. The summed E-state index contributed by atoms with van der Waals surface area (Å²) in [5, 5.41) is 5.67. The molecule has 1 heterocycles. The minimum absolute atomic E-state index is 0.0767. The van der Waals surface area contributed by atoms with Crippen molar-refractivity contribution in [3.63, 3.8) is 0 Å². The number of hydrogen-bond donors (Lipinski definition) is 2. The van der Waals surface area contributed by atoms with Crippen LogP contribution in [-0.2, 0) is 10.0 Å². The minimum Gasteiger partial charge on any atom is -0.495 e. The van der Waals surface area contributed by atoms with E-state index in [2.05, 4.69) is 15.0 Å². The first-order valence-corrected chi connectivity index (χ1v) is 13.2. The van der Waals surface area contributed by atoms with Crippen molar-refractivity contribution < 1.29 is 17.9 Å². The van der Waals surface area contributed by atoms with Gasteiger partial charge in [0, 0.05) is 22.2 Å². The Kier molecular flexibility index (Phi) is 6.90. The fourth-order valence-electron chi connectivity index (χ4n) is 3.65. The maximum Gasteiger partial charge on any atom is 0.265 e. The fraction of sp³-hybridized carbons (Fsp3) is 0.154. The van der Waals surface area contributed by atoms with Crippen molar-refractivity contribution in [2.75, 3.05) is 17.1 Å². The molecule has 0 unspecified atom stereocenters. The number of carbonyl (C=O) groups excluding carboxylic acids is 1. The van der Waals surface area contributed by atoms with Gasteiger partial charge in [-0.25, -0.2) is 13.4 Å². The SMILES string of the molecule is COc1ccc(NC(=O)c2cccc(-c3csc(C)n3)c2)cc1S(=O)(=O)Nc1c(C)cccc1C. The van der Waals surface area contributed by atoms with E-state index in [0.717, 1.165) is 27.4 Å². The van der Waals surface area contributed by atoms with E-state index in [4.69, 9.17) is 4.74 Å². The third kappa shape index (κ3) is 5.36. The number of anilines is 2. The molecule has 0 aliphatic heterocycles. The second-order valence-corrected chi connectivity index (χ2v) is 10.7. The molecule has 7 nitrogen and oxygen atoms in total. The predicted molar refractivity (Wildman–Crippen MR) is 140 cm³/mol. The maximum absolute atomic E-state index is 13.3. The molecular weight excluding hydrogens is 482 g/mol. The molecule has 1 amide bonds. The molecule has 0 spiro atoms. The van der Waals surface area contributed by atoms with Crippen LogP contribution in [-0.4, -0.2) is 26.4 Å². The maximum atomic E-state index is 13.3. The number of nitrogens with zero attached hydrogens (tertiary/aromatic N) is 1. The number of aromatic nitrogens is 1. The van der Waals surface area contributed by atoms with Crippen LogP contribution in [0.15, 0.2) is 70.9 Å². The van der Waals surface area contributed by atoms with Crippen molar-refractivity contribution in [2.45, 2.75) is 25.7 Å². The molecular formula is C26H25N3O4S2. The molecule has 0 radical (unpaired) electrons. The molecule has 35 heavy (non-hydrogen) atoms. The zero-order valence-corrected chi connectivity index (χ0v) is 21.4. The Morgan fingerprint density at radius 2 is 1.69 bits per heavy atom. The summed E-state index contributed by atoms with van der Waals surface area (Å²) in [5.41, 5.74) is 4.50. The van der Waals surface area contributed by atoms with Crippen molar-refractivity contribution in [3.8, 4) is 17.0 Å². The van der Waals surface area contributed by atoms with E-state index in [1.807, 2.05) is 50.4 Å². The average molecular weight is 508 g/mol. The number of rotatable bonds is 7. The van der Waals surface area contributed by atoms with E-state index >= 15 is 0 Å². The Labute approximate surface area is 208 Å². The number of carbonyl (C=O) groups is 1. The number of aryl methyl sites for hydroxylation is 3. The molecule has 2 N–H and O–H groups in total. The Morgan fingerprint density at radius 1 is 0.971 bits per heavy atom. The van der Waals surface area contributed by atoms with Crippen molar-refractivity contribution in [2.24, 2.45) is 0 Å². The third-order valence-electron chi connectivity index (χ3n) is 5.47. The number of thiazole rings is 1. The van der Waals surface area contributed by atoms with Crippen LogP contribution in [0.2, 0.25) is 0 Å². The minimum atomic E-state index is -4.00. The van der Waals surface area contributed by atoms with E-state index in [9.17, 15) is 13.2 Å². The highest BCUT2D eigenvalue weighted by molar-refractivity contribution is 7.92. The van der Waals surface area contributed by atoms with Crippen LogP contribution in [0.5, 0.6) is 5.75 Å². The quantitative estimate of drug-likeness (QED) is 0.330. The summed E-state index contributed by atoms with van der Waals surface area (Å²) in [6, 6.07) is 17.2. The molecule has 1 aromatic heterocycles. The molecule has 180 valence electrons. The normalized spacial score (nSPS) is 11.2. The molecule has 9 heteroatoms. The number of hydrogen-bond acceptors (Lipinski definition) is 6. The number of para-hydroxylation sites is 1. The molecule has 0 saturated carbocycles. The van der Waals surface area contributed by atoms with E-state index < -0.39 is 10.0 Å². The Bertz CT molecular complexity index is 1490. The van der Waals surface area contributed by atoms with Gasteiger partial charge in [-0.1, -0.05) is 30.3 Å². The topological polar surface area (TPSA) is 97.4 Å². The highest BCUT2D eigenvalue weighted by Gasteiger charge is 2.22. The summed E-state index contributed by atoms with van der Waals surface area (Å²) >= 11 is 1.54. The van der Waals surface area contributed by atoms with Gasteiger partial charge in [-0.3, -0.25) is 9.52 Å². The van der Waals surface area contributed by atoms with E-state index in [1.54, 1.807) is 24.3 Å². The van der Waals surface area contributed by atoms with Crippen LogP contribution in [0.4, 0.5) is 11.4 Å². The zero-order chi connectivity index (χ0) is 25.2. The molecule has 0 saturated heterocycles. The second-order valence-electron chi connectivity index (χ2n) is 8.02. The van der Waals surface area contributed by atoms with E-state index in [-0.39, 0.29) is 16.6 Å². The van der Waals surface area contributed by atoms with Crippen molar-refractivity contribution >= 4 is 38.6 Å². The van der Waals surface area contributed by atoms with Crippen LogP contribution in [0.25, 0.3) is 11.3 Å². The van der Waals surface area contributed by atoms with Crippen molar-refractivity contribution in [1.29, 1.82) is 0 Å². The zero-order valence-electron chi connectivity index (χ0n) is 19.7. The van der Waals surface area contributed by atoms with Gasteiger partial charge in [-0.2, -0.15) is 0 Å². The number of sulfonamides is 1. The summed E-state index contributed by atoms with van der Waals surface area (Å²) < 4.78 is 34.5. The van der Waals surface area contributed by atoms with Gasteiger partial charge in [0.15, 0.2) is 0 Å². The summed E-state index contributed by atoms with van der Waals surface area (Å²) in [6.07, 6.45) is 0. The molecule has 0 fully saturated rings. The molecule has 0 atom stereocenters. The van der Waals surface area contributed by atoms with Crippen LogP contribution in [0, 0.1) is 20.8 Å². The Morgan fingerprint density at radius 3 is 2.34 bits per heavy atom. The van der Waals surface area contributed by atoms with E-state index in [1.165, 1.54) is 30.6 Å². The summed E-state index contributed by atoms with van der Waals surface area (Å²) in [5.74, 6) is -0.197. The first kappa shape index (κ1) is 24.4. The van der Waals surface area contributed by atoms with Crippen LogP contribution >= 0.6 is 11.3 Å². The summed E-state index contributed by atoms with van der Waals surface area (Å²) in [6.45, 7) is 5.59. The second kappa shape index (κ2) is 9.89. The van der Waals surface area contributed by atoms with Crippen molar-refractivity contribution in [3.05, 3.63) is 87.7 Å². The van der Waals surface area contributed by atoms with Crippen LogP contribution in [0.3, 0.4) is 0 Å². The number of nitrogens with one attached hydrogen (secondary N) is 2. The highest BCUT2D eigenvalue weighted by atomic mass is 32.2. The molecule has 0 aliphatic rings. The molecule has 0 bridgehead atoms. The van der Waals surface area contributed by atoms with Gasteiger partial charge >= 0.3 is 0 Å². The predicted octanol–water partition coefficient (Wildman–Crippen LogP) is 5.80. The monoisotopic (exact) mass is 507 g/mol. The number of ether oxygens (including phenoxy) is 1. The van der Waals surface area contributed by atoms with Crippen LogP contribution in [0.1, 0.15) is 26.5 Å². The van der Waals surface area contributed by atoms with Gasteiger partial charge in [0.05, 0.1) is 23.5 Å². The Balaban J connectivity index is 1.62. The largest absolute Gasteiger partial charge is 0.495 e. The van der Waals surface area contributed by atoms with Gasteiger partial charge in [0.2, 0.25) is 0 Å². The molecule has 0 aliphatic carbocycles. The lowest BCUT2D eigenvalue weighted by Crippen LogP contribution is -2.17. The summed E-state index contributed by atoms with van der Waals surface area (Å²) in [4.78, 5) is 17.4. The Hall–Kier alpha value is -3.69. The average Bonchev–Trinajstić information content (AvgIpc) is 3.28. The molecule has 4 aromatic rings. The summed E-state index contributed by atoms with van der Waals surface area (Å²) in [7, 11) is -2.60. The first-order chi connectivity index (χ1) is 16.7. The van der Waals surface area contributed by atoms with E-state index in [0.29, 0.717) is 16.9 Å². The lowest BCUT2D eigenvalue weighted by molar-refractivity contribution is 0.102. The number of methoxy groups -OCH3 is 1. The van der Waals surface area contributed by atoms with Crippen molar-refractivity contribution in [1.82, 2.24) is 4.98 Å². The van der Waals surface area contributed by atoms with Gasteiger partial charge in [0.1, 0.15) is 10.6 Å². The number of benzene rings is 3. The fourth-order valence-corrected chi connectivity index (χ4v) is 5.67. The van der Waals surface area contributed by atoms with Crippen LogP contribution < -0.4 is 14.8 Å². The highest BCUT2D eigenvalue weighted by Crippen LogP contribution is 2.31. The third-order valence-corrected chi connectivity index (χ3v) is 7.61. The smallest absolute Gasteiger partial charge is 0.265 e. The van der Waals surface area contributed by atoms with Gasteiger partial charge in [0.25, 0.3) is 15.9 Å². The van der Waals surface area contributed by atoms with Gasteiger partial charge < -0.3 is 10.1 Å². The lowest BCUT2D eigenvalue weighted by Gasteiger charge is -2.16. The van der Waals surface area contributed by atoms with Gasteiger partial charge in [-0.15, -0.1) is 11.3 Å². The van der Waals surface area contributed by atoms with Gasteiger partial charge in [-0.05, 0) is 62.2 Å².